The number of carbonyl (C=O) groups excluding carboxylic acids is 2. The van der Waals surface area contributed by atoms with Gasteiger partial charge in [0, 0.05) is 5.56 Å². The monoisotopic (exact) mass is 415 g/mol. The number of benzene rings is 2. The van der Waals surface area contributed by atoms with Gasteiger partial charge in [0.2, 0.25) is 5.91 Å². The van der Waals surface area contributed by atoms with Crippen LogP contribution in [-0.4, -0.2) is 39.1 Å². The van der Waals surface area contributed by atoms with Gasteiger partial charge in [0.1, 0.15) is 11.6 Å². The summed E-state index contributed by atoms with van der Waals surface area (Å²) in [6, 6.07) is 12.4. The van der Waals surface area contributed by atoms with E-state index in [0.29, 0.717) is 28.9 Å². The second-order valence-corrected chi connectivity index (χ2v) is 6.69. The van der Waals surface area contributed by atoms with Crippen LogP contribution >= 0.6 is 11.8 Å². The first kappa shape index (κ1) is 20.3. The summed E-state index contributed by atoms with van der Waals surface area (Å²) >= 11 is 1.01. The molecule has 3 rings (SSSR count). The number of para-hydroxylation sites is 1. The number of hydrogen-bond donors (Lipinski definition) is 2. The number of amides is 3. The largest absolute Gasteiger partial charge is 0.494 e. The number of carbonyl (C=O) groups is 2. The molecule has 10 heteroatoms. The van der Waals surface area contributed by atoms with Crippen LogP contribution in [0.2, 0.25) is 0 Å². The molecule has 3 aromatic rings. The second-order valence-electron chi connectivity index (χ2n) is 5.75. The minimum absolute atomic E-state index is 0.140. The maximum absolute atomic E-state index is 14.5. The first-order valence-electron chi connectivity index (χ1n) is 8.65. The third-order valence-electron chi connectivity index (χ3n) is 3.75. The smallest absolute Gasteiger partial charge is 0.318 e. The summed E-state index contributed by atoms with van der Waals surface area (Å²) in [5, 5.41) is 10.5. The number of ether oxygens (including phenoxy) is 1. The molecule has 150 valence electrons. The highest BCUT2D eigenvalue weighted by atomic mass is 32.2. The molecule has 0 aliphatic heterocycles. The highest BCUT2D eigenvalue weighted by molar-refractivity contribution is 7.99. The number of imide groups is 1. The summed E-state index contributed by atoms with van der Waals surface area (Å²) in [6.07, 6.45) is 0. The molecule has 0 aliphatic rings. The molecule has 8 nitrogen and oxygen atoms in total. The van der Waals surface area contributed by atoms with Gasteiger partial charge in [-0.3, -0.25) is 14.7 Å². The van der Waals surface area contributed by atoms with Crippen LogP contribution in [0.3, 0.4) is 0 Å². The van der Waals surface area contributed by atoms with Crippen LogP contribution < -0.4 is 15.8 Å². The van der Waals surface area contributed by atoms with E-state index >= 15 is 0 Å². The van der Waals surface area contributed by atoms with Crippen LogP contribution in [0.15, 0.2) is 53.7 Å². The van der Waals surface area contributed by atoms with Gasteiger partial charge < -0.3 is 10.5 Å². The Kier molecular flexibility index (Phi) is 6.45. The van der Waals surface area contributed by atoms with Gasteiger partial charge in [-0.15, -0.1) is 10.2 Å². The molecule has 3 N–H and O–H groups in total. The summed E-state index contributed by atoms with van der Waals surface area (Å²) in [7, 11) is 0. The number of aromatic nitrogens is 3. The van der Waals surface area contributed by atoms with Gasteiger partial charge in [-0.1, -0.05) is 23.9 Å². The number of hydrogen-bond acceptors (Lipinski definition) is 6. The number of urea groups is 1. The van der Waals surface area contributed by atoms with Gasteiger partial charge in [0.05, 0.1) is 18.0 Å². The lowest BCUT2D eigenvalue weighted by Gasteiger charge is -2.11. The first-order valence-corrected chi connectivity index (χ1v) is 9.63. The van der Waals surface area contributed by atoms with E-state index in [1.165, 1.54) is 10.6 Å². The summed E-state index contributed by atoms with van der Waals surface area (Å²) in [5.41, 5.74) is 5.87. The highest BCUT2D eigenvalue weighted by Gasteiger charge is 2.19. The molecule has 0 fully saturated rings. The van der Waals surface area contributed by atoms with Crippen molar-refractivity contribution < 1.29 is 18.7 Å². The average Bonchev–Trinajstić information content (AvgIpc) is 3.11. The maximum atomic E-state index is 14.5. The molecule has 0 atom stereocenters. The van der Waals surface area contributed by atoms with E-state index in [4.69, 9.17) is 10.5 Å². The molecule has 0 aliphatic carbocycles. The van der Waals surface area contributed by atoms with E-state index in [9.17, 15) is 14.0 Å². The average molecular weight is 415 g/mol. The Hall–Kier alpha value is -3.40. The number of halogens is 1. The van der Waals surface area contributed by atoms with Crippen LogP contribution in [0.1, 0.15) is 6.92 Å². The molecular weight excluding hydrogens is 397 g/mol. The zero-order chi connectivity index (χ0) is 20.8. The molecule has 0 saturated heterocycles. The molecule has 1 heterocycles. The highest BCUT2D eigenvalue weighted by Crippen LogP contribution is 2.30. The summed E-state index contributed by atoms with van der Waals surface area (Å²) < 4.78 is 21.5. The second kappa shape index (κ2) is 9.20. The predicted molar refractivity (Wildman–Crippen MR) is 106 cm³/mol. The minimum atomic E-state index is -0.943. The Morgan fingerprint density at radius 2 is 1.90 bits per heavy atom. The lowest BCUT2D eigenvalue weighted by molar-refractivity contribution is -0.117. The quantitative estimate of drug-likeness (QED) is 0.574. The van der Waals surface area contributed by atoms with Crippen molar-refractivity contribution in [1.29, 1.82) is 0 Å². The molecule has 0 bridgehead atoms. The SMILES string of the molecule is CCOc1ccc(-c2nnc(SCC(=O)NC(N)=O)n2-c2ccccc2F)cc1. The lowest BCUT2D eigenvalue weighted by atomic mass is 10.2. The van der Waals surface area contributed by atoms with Gasteiger partial charge in [0.25, 0.3) is 0 Å². The predicted octanol–water partition coefficient (Wildman–Crippen LogP) is 2.76. The number of thioether (sulfide) groups is 1. The lowest BCUT2D eigenvalue weighted by Crippen LogP contribution is -2.36. The van der Waals surface area contributed by atoms with Crippen molar-refractivity contribution in [3.8, 4) is 22.8 Å². The molecule has 0 spiro atoms. The fourth-order valence-electron chi connectivity index (χ4n) is 2.57. The van der Waals surface area contributed by atoms with Crippen molar-refractivity contribution >= 4 is 23.7 Å². The summed E-state index contributed by atoms with van der Waals surface area (Å²) in [5.74, 6) is -0.100. The maximum Gasteiger partial charge on any atom is 0.318 e. The van der Waals surface area contributed by atoms with E-state index in [1.807, 2.05) is 12.2 Å². The fraction of sp³-hybridized carbons (Fsp3) is 0.158. The Bertz CT molecular complexity index is 1020. The minimum Gasteiger partial charge on any atom is -0.494 e. The third-order valence-corrected chi connectivity index (χ3v) is 4.67. The van der Waals surface area contributed by atoms with E-state index in [2.05, 4.69) is 10.2 Å². The van der Waals surface area contributed by atoms with Crippen LogP contribution in [0.25, 0.3) is 17.1 Å². The zero-order valence-electron chi connectivity index (χ0n) is 15.5. The van der Waals surface area contributed by atoms with Crippen LogP contribution in [0.4, 0.5) is 9.18 Å². The number of nitrogens with one attached hydrogen (secondary N) is 1. The van der Waals surface area contributed by atoms with Gasteiger partial charge in [0.15, 0.2) is 11.0 Å². The van der Waals surface area contributed by atoms with Gasteiger partial charge in [-0.05, 0) is 43.3 Å². The first-order chi connectivity index (χ1) is 14.0. The topological polar surface area (TPSA) is 112 Å². The number of nitrogens with two attached hydrogens (primary N) is 1. The van der Waals surface area contributed by atoms with E-state index in [0.717, 1.165) is 11.8 Å². The molecule has 0 unspecified atom stereocenters. The molecule has 29 heavy (non-hydrogen) atoms. The van der Waals surface area contributed by atoms with Gasteiger partial charge in [-0.2, -0.15) is 0 Å². The third kappa shape index (κ3) is 4.91. The number of nitrogens with zero attached hydrogens (tertiary/aromatic N) is 3. The molecule has 1 aromatic heterocycles. The molecule has 0 saturated carbocycles. The van der Waals surface area contributed by atoms with Crippen molar-refractivity contribution in [2.75, 3.05) is 12.4 Å². The molecular formula is C19H18FN5O3S. The summed E-state index contributed by atoms with van der Waals surface area (Å²) in [4.78, 5) is 22.5. The Balaban J connectivity index is 1.98. The van der Waals surface area contributed by atoms with Crippen molar-refractivity contribution in [3.63, 3.8) is 0 Å². The van der Waals surface area contributed by atoms with Gasteiger partial charge in [-0.25, -0.2) is 9.18 Å². The van der Waals surface area contributed by atoms with Crippen LogP contribution in [0.5, 0.6) is 5.75 Å². The standard InChI is InChI=1S/C19H18FN5O3S/c1-2-28-13-9-7-12(8-10-13)17-23-24-19(29-11-16(26)22-18(21)27)25(17)15-6-4-3-5-14(15)20/h3-10H,2,11H2,1H3,(H3,21,22,26,27). The Labute approximate surface area is 170 Å². The van der Waals surface area contributed by atoms with Gasteiger partial charge >= 0.3 is 6.03 Å². The summed E-state index contributed by atoms with van der Waals surface area (Å²) in [6.45, 7) is 2.43. The van der Waals surface area contributed by atoms with Crippen molar-refractivity contribution in [2.24, 2.45) is 5.73 Å². The number of rotatable bonds is 7. The van der Waals surface area contributed by atoms with Crippen LogP contribution in [-0.2, 0) is 4.79 Å². The molecule has 2 aromatic carbocycles. The number of primary amides is 1. The van der Waals surface area contributed by atoms with E-state index in [1.54, 1.807) is 42.5 Å². The molecule has 3 amide bonds. The van der Waals surface area contributed by atoms with E-state index < -0.39 is 17.8 Å². The van der Waals surface area contributed by atoms with Crippen molar-refractivity contribution in [1.82, 2.24) is 20.1 Å². The Morgan fingerprint density at radius 1 is 1.17 bits per heavy atom. The van der Waals surface area contributed by atoms with Crippen molar-refractivity contribution in [3.05, 3.63) is 54.3 Å². The fourth-order valence-corrected chi connectivity index (χ4v) is 3.32. The molecule has 0 radical (unpaired) electrons. The van der Waals surface area contributed by atoms with E-state index in [-0.39, 0.29) is 11.4 Å². The zero-order valence-corrected chi connectivity index (χ0v) is 16.3. The normalized spacial score (nSPS) is 10.6. The Morgan fingerprint density at radius 3 is 2.55 bits per heavy atom. The van der Waals surface area contributed by atoms with Crippen LogP contribution in [0, 0.1) is 5.82 Å². The van der Waals surface area contributed by atoms with Crippen molar-refractivity contribution in [2.45, 2.75) is 12.1 Å².